The Balaban J connectivity index is 1.34. The van der Waals surface area contributed by atoms with Gasteiger partial charge in [-0.1, -0.05) is 35.9 Å². The van der Waals surface area contributed by atoms with Gasteiger partial charge in [0.2, 0.25) is 5.91 Å². The predicted molar refractivity (Wildman–Crippen MR) is 131 cm³/mol. The molecule has 2 aromatic heterocycles. The average molecular weight is 458 g/mol. The van der Waals surface area contributed by atoms with Crippen molar-refractivity contribution < 1.29 is 9.18 Å². The highest BCUT2D eigenvalue weighted by atomic mass is 19.1. The topological polar surface area (TPSA) is 62.5 Å². The Morgan fingerprint density at radius 1 is 1.15 bits per heavy atom. The van der Waals surface area contributed by atoms with E-state index < -0.39 is 0 Å². The number of fused-ring (bicyclic) bond motifs is 1. The minimum atomic E-state index is -0.278. The summed E-state index contributed by atoms with van der Waals surface area (Å²) < 4.78 is 15.0. The summed E-state index contributed by atoms with van der Waals surface area (Å²) in [7, 11) is 0. The molecule has 0 spiro atoms. The average Bonchev–Trinajstić information content (AvgIpc) is 3.27. The first-order chi connectivity index (χ1) is 16.5. The summed E-state index contributed by atoms with van der Waals surface area (Å²) >= 11 is 0. The molecule has 1 aliphatic heterocycles. The molecule has 34 heavy (non-hydrogen) atoms. The van der Waals surface area contributed by atoms with Crippen LogP contribution in [0.1, 0.15) is 29.5 Å². The molecule has 0 aliphatic carbocycles. The standard InChI is InChI=1S/C27H28FN5O/c1-18-5-10-23(19(2)14-18)24-15-25-26(29-11-13-33(25)31-24)32-12-3-4-21(17-32)27(34)30-16-20-6-8-22(28)9-7-20/h5-11,13-15,21H,3-4,12,16-17H2,1-2H3,(H,30,34)/t21-/m0/s1. The number of aryl methyl sites for hydroxylation is 2. The Morgan fingerprint density at radius 2 is 1.97 bits per heavy atom. The second-order valence-corrected chi connectivity index (χ2v) is 9.06. The van der Waals surface area contributed by atoms with Crippen molar-refractivity contribution in [2.75, 3.05) is 18.0 Å². The predicted octanol–water partition coefficient (Wildman–Crippen LogP) is 4.69. The van der Waals surface area contributed by atoms with Crippen LogP contribution in [0.15, 0.2) is 60.9 Å². The van der Waals surface area contributed by atoms with Gasteiger partial charge in [-0.15, -0.1) is 0 Å². The molecule has 0 unspecified atom stereocenters. The van der Waals surface area contributed by atoms with Crippen molar-refractivity contribution in [2.24, 2.45) is 5.92 Å². The van der Waals surface area contributed by atoms with E-state index in [0.29, 0.717) is 13.1 Å². The number of nitrogens with one attached hydrogen (secondary N) is 1. The Labute approximate surface area is 198 Å². The fraction of sp³-hybridized carbons (Fsp3) is 0.296. The van der Waals surface area contributed by atoms with Crippen LogP contribution in [0.4, 0.5) is 10.2 Å². The minimum Gasteiger partial charge on any atom is -0.354 e. The van der Waals surface area contributed by atoms with Crippen molar-refractivity contribution in [3.63, 3.8) is 0 Å². The smallest absolute Gasteiger partial charge is 0.225 e. The molecule has 1 fully saturated rings. The van der Waals surface area contributed by atoms with Crippen molar-refractivity contribution in [3.8, 4) is 11.3 Å². The zero-order valence-electron chi connectivity index (χ0n) is 19.5. The first kappa shape index (κ1) is 22.1. The van der Waals surface area contributed by atoms with Gasteiger partial charge in [0.25, 0.3) is 0 Å². The molecule has 1 saturated heterocycles. The largest absolute Gasteiger partial charge is 0.354 e. The van der Waals surface area contributed by atoms with Gasteiger partial charge in [-0.2, -0.15) is 5.10 Å². The second kappa shape index (κ2) is 9.25. The van der Waals surface area contributed by atoms with Crippen molar-refractivity contribution in [1.82, 2.24) is 19.9 Å². The van der Waals surface area contributed by atoms with E-state index in [1.165, 1.54) is 23.3 Å². The third-order valence-corrected chi connectivity index (χ3v) is 6.50. The molecule has 0 saturated carbocycles. The van der Waals surface area contributed by atoms with E-state index in [4.69, 9.17) is 5.10 Å². The summed E-state index contributed by atoms with van der Waals surface area (Å²) in [6, 6.07) is 14.7. The zero-order chi connectivity index (χ0) is 23.7. The van der Waals surface area contributed by atoms with E-state index in [1.54, 1.807) is 18.3 Å². The third-order valence-electron chi connectivity index (χ3n) is 6.50. The third kappa shape index (κ3) is 4.51. The summed E-state index contributed by atoms with van der Waals surface area (Å²) in [5.41, 5.74) is 6.25. The van der Waals surface area contributed by atoms with Crippen molar-refractivity contribution in [1.29, 1.82) is 0 Å². The maximum absolute atomic E-state index is 13.1. The molecule has 1 aliphatic rings. The van der Waals surface area contributed by atoms with Crippen molar-refractivity contribution in [3.05, 3.63) is 83.4 Å². The number of aromatic nitrogens is 3. The number of carbonyl (C=O) groups excluding carboxylic acids is 1. The first-order valence-corrected chi connectivity index (χ1v) is 11.7. The van der Waals surface area contributed by atoms with Crippen LogP contribution in [0.25, 0.3) is 16.8 Å². The zero-order valence-corrected chi connectivity index (χ0v) is 19.5. The highest BCUT2D eigenvalue weighted by Gasteiger charge is 2.27. The molecular formula is C27H28FN5O. The normalized spacial score (nSPS) is 16.1. The van der Waals surface area contributed by atoms with E-state index in [0.717, 1.165) is 47.5 Å². The van der Waals surface area contributed by atoms with E-state index in [2.05, 4.69) is 53.3 Å². The van der Waals surface area contributed by atoms with Crippen LogP contribution in [0.3, 0.4) is 0 Å². The molecule has 3 heterocycles. The number of benzene rings is 2. The van der Waals surface area contributed by atoms with Gasteiger partial charge in [0.05, 0.1) is 11.6 Å². The molecule has 0 bridgehead atoms. The second-order valence-electron chi connectivity index (χ2n) is 9.06. The quantitative estimate of drug-likeness (QED) is 0.473. The van der Waals surface area contributed by atoms with Crippen LogP contribution in [0, 0.1) is 25.6 Å². The molecule has 1 N–H and O–H groups in total. The number of amides is 1. The molecule has 6 nitrogen and oxygen atoms in total. The number of carbonyl (C=O) groups is 1. The van der Waals surface area contributed by atoms with Crippen LogP contribution in [0.2, 0.25) is 0 Å². The molecule has 1 amide bonds. The number of halogens is 1. The van der Waals surface area contributed by atoms with E-state index in [-0.39, 0.29) is 17.6 Å². The molecule has 2 aromatic carbocycles. The molecule has 4 aromatic rings. The lowest BCUT2D eigenvalue weighted by molar-refractivity contribution is -0.125. The van der Waals surface area contributed by atoms with Crippen molar-refractivity contribution in [2.45, 2.75) is 33.2 Å². The van der Waals surface area contributed by atoms with Crippen molar-refractivity contribution >= 4 is 17.2 Å². The van der Waals surface area contributed by atoms with E-state index in [1.807, 2.05) is 10.7 Å². The Morgan fingerprint density at radius 3 is 2.76 bits per heavy atom. The summed E-state index contributed by atoms with van der Waals surface area (Å²) in [4.78, 5) is 19.7. The highest BCUT2D eigenvalue weighted by Crippen LogP contribution is 2.30. The number of hydrogen-bond acceptors (Lipinski definition) is 4. The van der Waals surface area contributed by atoms with Gasteiger partial charge in [-0.05, 0) is 56.0 Å². The molecule has 174 valence electrons. The lowest BCUT2D eigenvalue weighted by atomic mass is 9.97. The summed E-state index contributed by atoms with van der Waals surface area (Å²) in [5, 5.41) is 7.80. The fourth-order valence-corrected chi connectivity index (χ4v) is 4.70. The maximum Gasteiger partial charge on any atom is 0.225 e. The Bertz CT molecular complexity index is 1330. The maximum atomic E-state index is 13.1. The monoisotopic (exact) mass is 457 g/mol. The number of nitrogens with zero attached hydrogens (tertiary/aromatic N) is 4. The molecular weight excluding hydrogens is 429 g/mol. The van der Waals surface area contributed by atoms with Crippen LogP contribution in [-0.4, -0.2) is 33.6 Å². The molecule has 1 atom stereocenters. The van der Waals surface area contributed by atoms with E-state index >= 15 is 0 Å². The molecule has 0 radical (unpaired) electrons. The summed E-state index contributed by atoms with van der Waals surface area (Å²) in [6.45, 7) is 6.03. The van der Waals surface area contributed by atoms with Gasteiger partial charge in [-0.25, -0.2) is 13.9 Å². The lowest BCUT2D eigenvalue weighted by Crippen LogP contribution is -2.43. The van der Waals surface area contributed by atoms with E-state index in [9.17, 15) is 9.18 Å². The molecule has 7 heteroatoms. The SMILES string of the molecule is Cc1ccc(-c2cc3c(N4CCC[C@H](C(=O)NCc5ccc(F)cc5)C4)nccn3n2)c(C)c1. The number of anilines is 1. The minimum absolute atomic E-state index is 0.0189. The van der Waals surface area contributed by atoms with Gasteiger partial charge in [0, 0.05) is 37.6 Å². The highest BCUT2D eigenvalue weighted by molar-refractivity contribution is 5.81. The van der Waals surface area contributed by atoms with Gasteiger partial charge in [0.15, 0.2) is 5.82 Å². The van der Waals surface area contributed by atoms with Gasteiger partial charge >= 0.3 is 0 Å². The number of hydrogen-bond donors (Lipinski definition) is 1. The Kier molecular flexibility index (Phi) is 6.01. The fourth-order valence-electron chi connectivity index (χ4n) is 4.70. The number of rotatable bonds is 5. The lowest BCUT2D eigenvalue weighted by Gasteiger charge is -2.33. The van der Waals surface area contributed by atoms with Crippen LogP contribution >= 0.6 is 0 Å². The first-order valence-electron chi connectivity index (χ1n) is 11.7. The number of piperidine rings is 1. The van der Waals surface area contributed by atoms with Gasteiger partial charge < -0.3 is 10.2 Å². The van der Waals surface area contributed by atoms with Gasteiger partial charge in [0.1, 0.15) is 11.3 Å². The summed E-state index contributed by atoms with van der Waals surface area (Å²) in [5.74, 6) is 0.464. The molecule has 5 rings (SSSR count). The Hall–Kier alpha value is -3.74. The van der Waals surface area contributed by atoms with Crippen LogP contribution in [0.5, 0.6) is 0 Å². The van der Waals surface area contributed by atoms with Crippen LogP contribution < -0.4 is 10.2 Å². The van der Waals surface area contributed by atoms with Gasteiger partial charge in [-0.3, -0.25) is 4.79 Å². The summed E-state index contributed by atoms with van der Waals surface area (Å²) in [6.07, 6.45) is 5.37. The van der Waals surface area contributed by atoms with Crippen LogP contribution in [-0.2, 0) is 11.3 Å².